The summed E-state index contributed by atoms with van der Waals surface area (Å²) in [6.07, 6.45) is -0.340. The van der Waals surface area contributed by atoms with Gasteiger partial charge in [-0.1, -0.05) is 11.6 Å². The minimum Gasteiger partial charge on any atom is -0.484 e. The molecule has 0 aliphatic carbocycles. The topological polar surface area (TPSA) is 51.6 Å². The van der Waals surface area contributed by atoms with Gasteiger partial charge in [-0.3, -0.25) is 0 Å². The van der Waals surface area contributed by atoms with Crippen LogP contribution in [0.15, 0.2) is 9.98 Å². The molecule has 2 heterocycles. The molecule has 1 aliphatic heterocycles. The number of nitrogens with zero attached hydrogens (tertiary/aromatic N) is 1. The first-order chi connectivity index (χ1) is 8.19. The second-order valence-electron chi connectivity index (χ2n) is 3.56. The van der Waals surface area contributed by atoms with Gasteiger partial charge in [0.1, 0.15) is 16.8 Å². The van der Waals surface area contributed by atoms with Gasteiger partial charge in [0.25, 0.3) is 0 Å². The molecule has 7 heteroatoms. The molecule has 1 atom stereocenters. The van der Waals surface area contributed by atoms with Crippen molar-refractivity contribution >= 4 is 49.1 Å². The molecule has 1 unspecified atom stereocenters. The summed E-state index contributed by atoms with van der Waals surface area (Å²) in [6, 6.07) is 1.67. The Kier molecular flexibility index (Phi) is 2.90. The molecule has 0 amide bonds. The van der Waals surface area contributed by atoms with Gasteiger partial charge in [-0.05, 0) is 15.9 Å². The van der Waals surface area contributed by atoms with Crippen LogP contribution in [0.3, 0.4) is 0 Å². The first-order valence-electron chi connectivity index (χ1n) is 4.88. The number of hydrogen-bond donors (Lipinski definition) is 1. The highest BCUT2D eigenvalue weighted by Gasteiger charge is 2.25. The number of aliphatic hydroxyl groups is 1. The van der Waals surface area contributed by atoms with Gasteiger partial charge in [-0.25, -0.2) is 4.98 Å². The number of ether oxygens (including phenoxy) is 2. The summed E-state index contributed by atoms with van der Waals surface area (Å²) in [7, 11) is 0. The quantitative estimate of drug-likeness (QED) is 0.870. The van der Waals surface area contributed by atoms with Crippen LogP contribution in [0.25, 0.3) is 10.2 Å². The van der Waals surface area contributed by atoms with Crippen LogP contribution >= 0.6 is 38.9 Å². The second kappa shape index (κ2) is 4.28. The van der Waals surface area contributed by atoms with Crippen molar-refractivity contribution in [1.82, 2.24) is 4.98 Å². The molecule has 0 fully saturated rings. The van der Waals surface area contributed by atoms with Crippen LogP contribution in [0.5, 0.6) is 11.5 Å². The van der Waals surface area contributed by atoms with Crippen molar-refractivity contribution in [2.24, 2.45) is 0 Å². The fourth-order valence-corrected chi connectivity index (χ4v) is 3.44. The highest BCUT2D eigenvalue weighted by Crippen LogP contribution is 2.45. The lowest BCUT2D eigenvalue weighted by molar-refractivity contribution is 0.0469. The Morgan fingerprint density at radius 1 is 1.65 bits per heavy atom. The van der Waals surface area contributed by atoms with E-state index in [-0.39, 0.29) is 12.7 Å². The number of rotatable bonds is 1. The van der Waals surface area contributed by atoms with E-state index in [4.69, 9.17) is 26.2 Å². The second-order valence-corrected chi connectivity index (χ2v) is 6.25. The summed E-state index contributed by atoms with van der Waals surface area (Å²) in [6.45, 7) is 0.247. The summed E-state index contributed by atoms with van der Waals surface area (Å²) in [5.41, 5.74) is 0.702. The molecule has 1 aromatic heterocycles. The number of benzene rings is 1. The van der Waals surface area contributed by atoms with E-state index in [1.165, 1.54) is 11.3 Å². The standard InChI is InChI=1S/C10H7BrClNO3S/c11-10-13-7-5(12)1-6-8(9(7)17-10)15-3-4(2-14)16-6/h1,4,14H,2-3H2. The van der Waals surface area contributed by atoms with E-state index in [0.29, 0.717) is 28.6 Å². The Labute approximate surface area is 114 Å². The smallest absolute Gasteiger partial charge is 0.180 e. The number of fused-ring (bicyclic) bond motifs is 3. The molecule has 1 N–H and O–H groups in total. The van der Waals surface area contributed by atoms with E-state index in [0.717, 1.165) is 8.62 Å². The van der Waals surface area contributed by atoms with Crippen molar-refractivity contribution in [3.8, 4) is 11.5 Å². The monoisotopic (exact) mass is 335 g/mol. The number of halogens is 2. The molecular formula is C10H7BrClNO3S. The maximum absolute atomic E-state index is 9.05. The number of aromatic nitrogens is 1. The molecule has 3 rings (SSSR count). The van der Waals surface area contributed by atoms with Crippen LogP contribution in [0.2, 0.25) is 5.02 Å². The van der Waals surface area contributed by atoms with Crippen molar-refractivity contribution in [2.75, 3.05) is 13.2 Å². The van der Waals surface area contributed by atoms with E-state index < -0.39 is 0 Å². The van der Waals surface area contributed by atoms with Crippen LogP contribution < -0.4 is 9.47 Å². The molecule has 0 saturated heterocycles. The molecule has 2 aromatic rings. The minimum atomic E-state index is -0.340. The number of hydrogen-bond acceptors (Lipinski definition) is 5. The predicted molar refractivity (Wildman–Crippen MR) is 69.3 cm³/mol. The zero-order chi connectivity index (χ0) is 12.0. The van der Waals surface area contributed by atoms with Crippen LogP contribution in [-0.4, -0.2) is 29.4 Å². The third-order valence-electron chi connectivity index (χ3n) is 2.43. The fourth-order valence-electron chi connectivity index (χ4n) is 1.67. The Bertz CT molecular complexity index is 588. The Hall–Kier alpha value is -0.560. The van der Waals surface area contributed by atoms with Gasteiger partial charge in [0, 0.05) is 6.07 Å². The highest BCUT2D eigenvalue weighted by molar-refractivity contribution is 9.11. The third kappa shape index (κ3) is 1.89. The first kappa shape index (κ1) is 11.5. The van der Waals surface area contributed by atoms with Crippen LogP contribution in [0.1, 0.15) is 0 Å². The summed E-state index contributed by atoms with van der Waals surface area (Å²) in [4.78, 5) is 4.28. The van der Waals surface area contributed by atoms with Gasteiger partial charge >= 0.3 is 0 Å². The van der Waals surface area contributed by atoms with Gasteiger partial charge in [-0.15, -0.1) is 11.3 Å². The van der Waals surface area contributed by atoms with E-state index in [9.17, 15) is 0 Å². The van der Waals surface area contributed by atoms with Gasteiger partial charge in [-0.2, -0.15) is 0 Å². The summed E-state index contributed by atoms with van der Waals surface area (Å²) in [5, 5.41) is 9.56. The first-order valence-corrected chi connectivity index (χ1v) is 6.86. The van der Waals surface area contributed by atoms with E-state index in [1.807, 2.05) is 0 Å². The van der Waals surface area contributed by atoms with Crippen molar-refractivity contribution < 1.29 is 14.6 Å². The van der Waals surface area contributed by atoms with Crippen LogP contribution in [0.4, 0.5) is 0 Å². The van der Waals surface area contributed by atoms with Gasteiger partial charge in [0.15, 0.2) is 21.5 Å². The molecule has 4 nitrogen and oxygen atoms in total. The largest absolute Gasteiger partial charge is 0.484 e. The Morgan fingerprint density at radius 2 is 2.47 bits per heavy atom. The normalized spacial score (nSPS) is 18.6. The molecule has 0 saturated carbocycles. The summed E-state index contributed by atoms with van der Waals surface area (Å²) >= 11 is 10.9. The maximum atomic E-state index is 9.05. The number of thiazole rings is 1. The van der Waals surface area contributed by atoms with E-state index in [2.05, 4.69) is 20.9 Å². The Morgan fingerprint density at radius 3 is 3.24 bits per heavy atom. The molecule has 0 radical (unpaired) electrons. The van der Waals surface area contributed by atoms with Crippen molar-refractivity contribution in [3.63, 3.8) is 0 Å². The zero-order valence-electron chi connectivity index (χ0n) is 8.44. The van der Waals surface area contributed by atoms with E-state index in [1.54, 1.807) is 6.07 Å². The molecular weight excluding hydrogens is 330 g/mol. The lowest BCUT2D eigenvalue weighted by Gasteiger charge is -2.25. The fraction of sp³-hybridized carbons (Fsp3) is 0.300. The van der Waals surface area contributed by atoms with Crippen molar-refractivity contribution in [3.05, 3.63) is 15.0 Å². The zero-order valence-corrected chi connectivity index (χ0v) is 11.6. The Balaban J connectivity index is 2.20. The third-order valence-corrected chi connectivity index (χ3v) is 4.22. The SMILES string of the molecule is OCC1COc2c(cc(Cl)c3nc(Br)sc23)O1. The molecule has 1 aliphatic rings. The molecule has 1 aromatic carbocycles. The molecule has 17 heavy (non-hydrogen) atoms. The molecule has 0 spiro atoms. The average molecular weight is 337 g/mol. The summed E-state index contributed by atoms with van der Waals surface area (Å²) in [5.74, 6) is 1.21. The van der Waals surface area contributed by atoms with E-state index >= 15 is 0 Å². The number of aliphatic hydroxyl groups excluding tert-OH is 1. The maximum Gasteiger partial charge on any atom is 0.180 e. The summed E-state index contributed by atoms with van der Waals surface area (Å²) < 4.78 is 12.8. The predicted octanol–water partition coefficient (Wildman–Crippen LogP) is 2.84. The van der Waals surface area contributed by atoms with Crippen LogP contribution in [0, 0.1) is 0 Å². The highest BCUT2D eigenvalue weighted by atomic mass is 79.9. The average Bonchev–Trinajstić information content (AvgIpc) is 2.71. The van der Waals surface area contributed by atoms with Gasteiger partial charge in [0.2, 0.25) is 0 Å². The van der Waals surface area contributed by atoms with Gasteiger partial charge in [0.05, 0.1) is 11.6 Å². The van der Waals surface area contributed by atoms with Crippen molar-refractivity contribution in [2.45, 2.75) is 6.10 Å². The van der Waals surface area contributed by atoms with Crippen molar-refractivity contribution in [1.29, 1.82) is 0 Å². The lowest BCUT2D eigenvalue weighted by atomic mass is 10.2. The minimum absolute atomic E-state index is 0.0819. The molecule has 0 bridgehead atoms. The van der Waals surface area contributed by atoms with Gasteiger partial charge < -0.3 is 14.6 Å². The lowest BCUT2D eigenvalue weighted by Crippen LogP contribution is -2.32. The molecule has 90 valence electrons. The van der Waals surface area contributed by atoms with Crippen LogP contribution in [-0.2, 0) is 0 Å².